The molecule has 1 fully saturated rings. The monoisotopic (exact) mass is 369 g/mol. The lowest BCUT2D eigenvalue weighted by atomic mass is 10.2. The van der Waals surface area contributed by atoms with Gasteiger partial charge in [-0.1, -0.05) is 33.6 Å². The van der Waals surface area contributed by atoms with Gasteiger partial charge in [0, 0.05) is 22.1 Å². The molecular weight excluding hydrogens is 357 g/mol. The minimum Gasteiger partial charge on any atom is -0.454 e. The summed E-state index contributed by atoms with van der Waals surface area (Å²) in [4.78, 5) is 0. The van der Waals surface area contributed by atoms with Gasteiger partial charge in [0.15, 0.2) is 11.6 Å². The van der Waals surface area contributed by atoms with E-state index in [2.05, 4.69) is 21.2 Å². The van der Waals surface area contributed by atoms with E-state index in [0.29, 0.717) is 16.8 Å². The fourth-order valence-electron chi connectivity index (χ4n) is 1.96. The molecule has 0 aromatic heterocycles. The van der Waals surface area contributed by atoms with Crippen LogP contribution >= 0.6 is 27.5 Å². The quantitative estimate of drug-likeness (QED) is 0.772. The van der Waals surface area contributed by atoms with Gasteiger partial charge >= 0.3 is 0 Å². The second-order valence-corrected chi connectivity index (χ2v) is 6.41. The summed E-state index contributed by atoms with van der Waals surface area (Å²) in [5, 5.41) is 4.03. The maximum atomic E-state index is 13.7. The molecular formula is C16H14BrClFNO. The molecule has 0 saturated heterocycles. The number of rotatable bonds is 5. The third-order valence-corrected chi connectivity index (χ3v) is 4.15. The minimum absolute atomic E-state index is 0.171. The number of nitrogens with one attached hydrogen (secondary N) is 1. The average molecular weight is 371 g/mol. The Morgan fingerprint density at radius 3 is 2.76 bits per heavy atom. The number of hydrogen-bond donors (Lipinski definition) is 1. The molecule has 0 unspecified atom stereocenters. The van der Waals surface area contributed by atoms with Gasteiger partial charge in [-0.3, -0.25) is 0 Å². The molecule has 0 radical (unpaired) electrons. The van der Waals surface area contributed by atoms with Crippen LogP contribution in [0.25, 0.3) is 0 Å². The number of benzene rings is 2. The van der Waals surface area contributed by atoms with Gasteiger partial charge in [0.25, 0.3) is 0 Å². The molecule has 0 heterocycles. The molecule has 5 heteroatoms. The van der Waals surface area contributed by atoms with Gasteiger partial charge in [0.2, 0.25) is 0 Å². The Morgan fingerprint density at radius 2 is 2.05 bits per heavy atom. The third kappa shape index (κ3) is 3.96. The highest BCUT2D eigenvalue weighted by Crippen LogP contribution is 2.30. The Morgan fingerprint density at radius 1 is 1.24 bits per heavy atom. The third-order valence-electron chi connectivity index (χ3n) is 3.30. The van der Waals surface area contributed by atoms with Crippen molar-refractivity contribution in [3.63, 3.8) is 0 Å². The Labute approximate surface area is 136 Å². The standard InChI is InChI=1S/C16H14BrClFNO/c17-11-2-6-15(19)16(7-11)21-13-5-1-10(14(18)8-13)9-20-12-3-4-12/h1-2,5-8,12,20H,3-4,9H2. The van der Waals surface area contributed by atoms with Crippen molar-refractivity contribution in [2.24, 2.45) is 0 Å². The van der Waals surface area contributed by atoms with Crippen LogP contribution in [-0.4, -0.2) is 6.04 Å². The smallest absolute Gasteiger partial charge is 0.165 e. The van der Waals surface area contributed by atoms with E-state index in [9.17, 15) is 4.39 Å². The summed E-state index contributed by atoms with van der Waals surface area (Å²) in [6.45, 7) is 0.745. The van der Waals surface area contributed by atoms with Gasteiger partial charge in [0.05, 0.1) is 0 Å². The molecule has 21 heavy (non-hydrogen) atoms. The number of ether oxygens (including phenoxy) is 1. The van der Waals surface area contributed by atoms with Crippen molar-refractivity contribution in [3.8, 4) is 11.5 Å². The second-order valence-electron chi connectivity index (χ2n) is 5.09. The van der Waals surface area contributed by atoms with Crippen LogP contribution in [0.5, 0.6) is 11.5 Å². The molecule has 0 atom stereocenters. The van der Waals surface area contributed by atoms with Crippen LogP contribution in [0.4, 0.5) is 4.39 Å². The fourth-order valence-corrected chi connectivity index (χ4v) is 2.54. The van der Waals surface area contributed by atoms with E-state index >= 15 is 0 Å². The summed E-state index contributed by atoms with van der Waals surface area (Å²) in [5.41, 5.74) is 1.02. The Bertz CT molecular complexity index is 661. The Hall–Kier alpha value is -1.10. The highest BCUT2D eigenvalue weighted by molar-refractivity contribution is 9.10. The molecule has 1 aliphatic carbocycles. The average Bonchev–Trinajstić information content (AvgIpc) is 3.26. The highest BCUT2D eigenvalue weighted by atomic mass is 79.9. The van der Waals surface area contributed by atoms with Gasteiger partial charge in [-0.15, -0.1) is 0 Å². The van der Waals surface area contributed by atoms with Crippen molar-refractivity contribution in [3.05, 3.63) is 57.3 Å². The van der Waals surface area contributed by atoms with Crippen molar-refractivity contribution in [1.82, 2.24) is 5.32 Å². The van der Waals surface area contributed by atoms with Crippen LogP contribution < -0.4 is 10.1 Å². The van der Waals surface area contributed by atoms with Gasteiger partial charge < -0.3 is 10.1 Å². The predicted molar refractivity (Wildman–Crippen MR) is 85.5 cm³/mol. The molecule has 1 aliphatic rings. The molecule has 2 aromatic rings. The predicted octanol–water partition coefficient (Wildman–Crippen LogP) is 5.29. The zero-order valence-electron chi connectivity index (χ0n) is 11.2. The Balaban J connectivity index is 1.73. The van der Waals surface area contributed by atoms with Crippen LogP contribution in [0.1, 0.15) is 18.4 Å². The summed E-state index contributed by atoms with van der Waals surface area (Å²) >= 11 is 9.54. The van der Waals surface area contributed by atoms with Crippen molar-refractivity contribution < 1.29 is 9.13 Å². The fraction of sp³-hybridized carbons (Fsp3) is 0.250. The molecule has 0 aliphatic heterocycles. The first-order valence-corrected chi connectivity index (χ1v) is 7.93. The molecule has 1 saturated carbocycles. The zero-order valence-corrected chi connectivity index (χ0v) is 13.5. The van der Waals surface area contributed by atoms with Crippen molar-refractivity contribution in [2.75, 3.05) is 0 Å². The van der Waals surface area contributed by atoms with Gasteiger partial charge in [-0.25, -0.2) is 4.39 Å². The van der Waals surface area contributed by atoms with E-state index in [4.69, 9.17) is 16.3 Å². The molecule has 0 bridgehead atoms. The summed E-state index contributed by atoms with van der Waals surface area (Å²) in [5.74, 6) is 0.283. The number of halogens is 3. The Kier molecular flexibility index (Phi) is 4.48. The van der Waals surface area contributed by atoms with Crippen LogP contribution in [0, 0.1) is 5.82 Å². The normalized spacial score (nSPS) is 14.2. The van der Waals surface area contributed by atoms with E-state index in [1.54, 1.807) is 24.3 Å². The van der Waals surface area contributed by atoms with Crippen molar-refractivity contribution >= 4 is 27.5 Å². The van der Waals surface area contributed by atoms with Crippen LogP contribution in [0.3, 0.4) is 0 Å². The first-order valence-electron chi connectivity index (χ1n) is 6.76. The van der Waals surface area contributed by atoms with Crippen LogP contribution in [-0.2, 0) is 6.54 Å². The molecule has 2 aromatic carbocycles. The molecule has 0 spiro atoms. The van der Waals surface area contributed by atoms with Crippen LogP contribution in [0.2, 0.25) is 5.02 Å². The maximum Gasteiger partial charge on any atom is 0.165 e. The van der Waals surface area contributed by atoms with E-state index in [1.165, 1.54) is 18.9 Å². The topological polar surface area (TPSA) is 21.3 Å². The van der Waals surface area contributed by atoms with E-state index in [0.717, 1.165) is 16.6 Å². The van der Waals surface area contributed by atoms with Crippen molar-refractivity contribution in [2.45, 2.75) is 25.4 Å². The van der Waals surface area contributed by atoms with E-state index in [-0.39, 0.29) is 5.75 Å². The summed E-state index contributed by atoms with van der Waals surface area (Å²) in [6.07, 6.45) is 2.47. The number of hydrogen-bond acceptors (Lipinski definition) is 2. The lowest BCUT2D eigenvalue weighted by molar-refractivity contribution is 0.441. The summed E-state index contributed by atoms with van der Waals surface area (Å²) in [6, 6.07) is 10.6. The minimum atomic E-state index is -0.409. The molecule has 1 N–H and O–H groups in total. The summed E-state index contributed by atoms with van der Waals surface area (Å²) in [7, 11) is 0. The van der Waals surface area contributed by atoms with Gasteiger partial charge in [0.1, 0.15) is 5.75 Å². The maximum absolute atomic E-state index is 13.7. The zero-order chi connectivity index (χ0) is 14.8. The van der Waals surface area contributed by atoms with E-state index < -0.39 is 5.82 Å². The molecule has 110 valence electrons. The molecule has 0 amide bonds. The van der Waals surface area contributed by atoms with Crippen LogP contribution in [0.15, 0.2) is 40.9 Å². The van der Waals surface area contributed by atoms with Crippen molar-refractivity contribution in [1.29, 1.82) is 0 Å². The SMILES string of the molecule is Fc1ccc(Br)cc1Oc1ccc(CNC2CC2)c(Cl)c1. The molecule has 3 rings (SSSR count). The van der Waals surface area contributed by atoms with E-state index in [1.807, 2.05) is 6.07 Å². The first kappa shape index (κ1) is 14.8. The second kappa shape index (κ2) is 6.34. The lowest BCUT2D eigenvalue weighted by Crippen LogP contribution is -2.15. The largest absolute Gasteiger partial charge is 0.454 e. The van der Waals surface area contributed by atoms with Gasteiger partial charge in [-0.2, -0.15) is 0 Å². The lowest BCUT2D eigenvalue weighted by Gasteiger charge is -2.10. The highest BCUT2D eigenvalue weighted by Gasteiger charge is 2.20. The molecule has 2 nitrogen and oxygen atoms in total. The van der Waals surface area contributed by atoms with Gasteiger partial charge in [-0.05, 0) is 48.7 Å². The first-order chi connectivity index (χ1) is 10.1. The summed E-state index contributed by atoms with van der Waals surface area (Å²) < 4.78 is 20.0.